The van der Waals surface area contributed by atoms with Gasteiger partial charge in [-0.2, -0.15) is 4.31 Å². The van der Waals surface area contributed by atoms with Crippen molar-refractivity contribution in [2.75, 3.05) is 45.5 Å². The Morgan fingerprint density at radius 3 is 2.52 bits per heavy atom. The summed E-state index contributed by atoms with van der Waals surface area (Å²) in [4.78, 5) is 4.89. The number of hydrogen-bond donors (Lipinski definition) is 0. The Morgan fingerprint density at radius 2 is 1.77 bits per heavy atom. The fourth-order valence-electron chi connectivity index (χ4n) is 5.40. The molecular weight excluding hydrogens is 408 g/mol. The summed E-state index contributed by atoms with van der Waals surface area (Å²) < 4.78 is 29.4. The van der Waals surface area contributed by atoms with Crippen LogP contribution >= 0.6 is 0 Å². The first-order valence-electron chi connectivity index (χ1n) is 11.9. The van der Waals surface area contributed by atoms with Crippen molar-refractivity contribution in [3.63, 3.8) is 0 Å². The first-order chi connectivity index (χ1) is 15.0. The van der Waals surface area contributed by atoms with E-state index in [9.17, 15) is 8.42 Å². The van der Waals surface area contributed by atoms with E-state index in [1.165, 1.54) is 42.0 Å². The Morgan fingerprint density at radius 1 is 1.03 bits per heavy atom. The molecule has 1 atom stereocenters. The summed E-state index contributed by atoms with van der Waals surface area (Å²) in [5.74, 6) is 0. The van der Waals surface area contributed by atoms with Crippen molar-refractivity contribution in [1.29, 1.82) is 0 Å². The summed E-state index contributed by atoms with van der Waals surface area (Å²) in [6, 6.07) is 8.68. The van der Waals surface area contributed by atoms with E-state index in [1.807, 2.05) is 0 Å². The number of hydrogen-bond acceptors (Lipinski definition) is 4. The largest absolute Gasteiger partial charge is 0.347 e. The molecule has 1 aromatic carbocycles. The number of likely N-dealkylation sites (tertiary alicyclic amines) is 2. The molecule has 0 radical (unpaired) electrons. The fraction of sp³-hybridized carbons (Fsp3) is 0.667. The van der Waals surface area contributed by atoms with Gasteiger partial charge in [-0.25, -0.2) is 8.42 Å². The average Bonchev–Trinajstić information content (AvgIpc) is 3.12. The zero-order valence-electron chi connectivity index (χ0n) is 19.2. The Labute approximate surface area is 187 Å². The highest BCUT2D eigenvalue weighted by atomic mass is 32.2. The third kappa shape index (κ3) is 5.51. The quantitative estimate of drug-likeness (QED) is 0.624. The minimum absolute atomic E-state index is 0.0769. The lowest BCUT2D eigenvalue weighted by Gasteiger charge is -2.39. The number of benzene rings is 1. The van der Waals surface area contributed by atoms with Crippen LogP contribution in [0.4, 0.5) is 0 Å². The number of nitrogens with zero attached hydrogens (tertiary/aromatic N) is 4. The third-order valence-corrected chi connectivity index (χ3v) is 8.34. The summed E-state index contributed by atoms with van der Waals surface area (Å²) in [5, 5.41) is 1.32. The van der Waals surface area contributed by atoms with Gasteiger partial charge in [-0.05, 0) is 63.9 Å². The molecule has 6 nitrogen and oxygen atoms in total. The Kier molecular flexibility index (Phi) is 7.37. The lowest BCUT2D eigenvalue weighted by molar-refractivity contribution is 0.130. The molecule has 1 unspecified atom stereocenters. The van der Waals surface area contributed by atoms with Gasteiger partial charge in [0.2, 0.25) is 10.0 Å². The van der Waals surface area contributed by atoms with Crippen LogP contribution < -0.4 is 0 Å². The van der Waals surface area contributed by atoms with Crippen LogP contribution in [0.2, 0.25) is 0 Å². The highest BCUT2D eigenvalue weighted by molar-refractivity contribution is 7.88. The smallest absolute Gasteiger partial charge is 0.211 e. The maximum atomic E-state index is 12.7. The van der Waals surface area contributed by atoms with Gasteiger partial charge in [-0.1, -0.05) is 24.6 Å². The van der Waals surface area contributed by atoms with E-state index >= 15 is 0 Å². The molecule has 2 aliphatic heterocycles. The van der Waals surface area contributed by atoms with Gasteiger partial charge in [-0.3, -0.25) is 4.90 Å². The van der Waals surface area contributed by atoms with Gasteiger partial charge < -0.3 is 9.47 Å². The lowest BCUT2D eigenvalue weighted by atomic mass is 10.0. The van der Waals surface area contributed by atoms with E-state index in [-0.39, 0.29) is 6.04 Å². The van der Waals surface area contributed by atoms with Crippen molar-refractivity contribution in [3.05, 3.63) is 36.0 Å². The van der Waals surface area contributed by atoms with E-state index in [0.29, 0.717) is 6.54 Å². The zero-order valence-corrected chi connectivity index (χ0v) is 20.0. The molecule has 0 aliphatic carbocycles. The maximum Gasteiger partial charge on any atom is 0.211 e. The number of aromatic nitrogens is 1. The summed E-state index contributed by atoms with van der Waals surface area (Å²) in [5.41, 5.74) is 2.63. The van der Waals surface area contributed by atoms with Gasteiger partial charge in [0.25, 0.3) is 0 Å². The summed E-state index contributed by atoms with van der Waals surface area (Å²) in [6.45, 7) is 9.56. The topological polar surface area (TPSA) is 48.8 Å². The molecule has 0 bridgehead atoms. The van der Waals surface area contributed by atoms with Gasteiger partial charge in [0.15, 0.2) is 0 Å². The van der Waals surface area contributed by atoms with Crippen LogP contribution in [0.25, 0.3) is 10.9 Å². The van der Waals surface area contributed by atoms with Gasteiger partial charge >= 0.3 is 0 Å². The Bertz CT molecular complexity index is 965. The molecule has 0 saturated carbocycles. The molecule has 0 amide bonds. The highest BCUT2D eigenvalue weighted by Gasteiger charge is 2.31. The van der Waals surface area contributed by atoms with Crippen LogP contribution in [-0.2, 0) is 23.1 Å². The van der Waals surface area contributed by atoms with Crippen LogP contribution in [0.1, 0.15) is 44.6 Å². The molecule has 4 rings (SSSR count). The van der Waals surface area contributed by atoms with E-state index < -0.39 is 10.0 Å². The van der Waals surface area contributed by atoms with Crippen LogP contribution in [0.3, 0.4) is 0 Å². The van der Waals surface area contributed by atoms with E-state index in [1.54, 1.807) is 4.31 Å². The monoisotopic (exact) mass is 446 g/mol. The minimum atomic E-state index is -3.22. The van der Waals surface area contributed by atoms with E-state index in [2.05, 4.69) is 51.8 Å². The molecule has 1 aromatic heterocycles. The summed E-state index contributed by atoms with van der Waals surface area (Å²) >= 11 is 0. The second kappa shape index (κ2) is 10.0. The average molecular weight is 447 g/mol. The number of fused-ring (bicyclic) bond motifs is 1. The summed E-state index contributed by atoms with van der Waals surface area (Å²) in [7, 11) is -3.22. The lowest BCUT2D eigenvalue weighted by Crippen LogP contribution is -2.51. The second-order valence-corrected chi connectivity index (χ2v) is 11.2. The van der Waals surface area contributed by atoms with Gasteiger partial charge in [0.05, 0.1) is 6.26 Å². The minimum Gasteiger partial charge on any atom is -0.347 e. The Hall–Kier alpha value is -1.41. The number of rotatable bonds is 8. The van der Waals surface area contributed by atoms with Crippen molar-refractivity contribution >= 4 is 20.9 Å². The van der Waals surface area contributed by atoms with Crippen molar-refractivity contribution in [3.8, 4) is 0 Å². The van der Waals surface area contributed by atoms with Gasteiger partial charge in [0, 0.05) is 55.9 Å². The van der Waals surface area contributed by atoms with Crippen molar-refractivity contribution in [1.82, 2.24) is 18.7 Å². The Balaban J connectivity index is 1.45. The molecule has 0 N–H and O–H groups in total. The van der Waals surface area contributed by atoms with Gasteiger partial charge in [-0.15, -0.1) is 0 Å². The first kappa shape index (κ1) is 22.8. The van der Waals surface area contributed by atoms with Crippen molar-refractivity contribution < 1.29 is 8.42 Å². The normalized spacial score (nSPS) is 21.8. The molecule has 3 heterocycles. The predicted molar refractivity (Wildman–Crippen MR) is 128 cm³/mol. The number of piperidine rings is 2. The zero-order chi connectivity index (χ0) is 21.8. The molecule has 2 aliphatic rings. The van der Waals surface area contributed by atoms with Crippen LogP contribution in [0.15, 0.2) is 30.5 Å². The van der Waals surface area contributed by atoms with Crippen LogP contribution in [-0.4, -0.2) is 78.7 Å². The molecule has 7 heteroatoms. The molecule has 31 heavy (non-hydrogen) atoms. The second-order valence-electron chi connectivity index (χ2n) is 9.26. The SMILES string of the molecule is CCn1cc(CN2CCCC(N(CCN3CCCCC3)S(C)(=O)=O)C2)c2ccccc21. The third-order valence-electron chi connectivity index (χ3n) is 7.00. The fourth-order valence-corrected chi connectivity index (χ4v) is 6.53. The molecule has 2 aromatic rings. The number of sulfonamides is 1. The highest BCUT2D eigenvalue weighted by Crippen LogP contribution is 2.25. The first-order valence-corrected chi connectivity index (χ1v) is 13.8. The van der Waals surface area contributed by atoms with E-state index in [0.717, 1.165) is 58.7 Å². The standard InChI is InChI=1S/C24H38N4O2S/c1-3-27-19-21(23-11-5-6-12-24(23)27)18-26-15-9-10-22(20-26)28(31(2,29)30)17-16-25-13-7-4-8-14-25/h5-6,11-12,19,22H,3-4,7-10,13-18,20H2,1-2H3. The molecule has 0 spiro atoms. The maximum absolute atomic E-state index is 12.7. The molecule has 2 saturated heterocycles. The number of aryl methyl sites for hydroxylation is 1. The van der Waals surface area contributed by atoms with Crippen molar-refractivity contribution in [2.24, 2.45) is 0 Å². The number of para-hydroxylation sites is 1. The van der Waals surface area contributed by atoms with Crippen LogP contribution in [0.5, 0.6) is 0 Å². The van der Waals surface area contributed by atoms with Crippen LogP contribution in [0, 0.1) is 0 Å². The predicted octanol–water partition coefficient (Wildman–Crippen LogP) is 3.37. The molecule has 2 fully saturated rings. The molecule has 172 valence electrons. The van der Waals surface area contributed by atoms with E-state index in [4.69, 9.17) is 0 Å². The van der Waals surface area contributed by atoms with Crippen molar-refractivity contribution in [2.45, 2.75) is 58.2 Å². The van der Waals surface area contributed by atoms with Gasteiger partial charge in [0.1, 0.15) is 0 Å². The summed E-state index contributed by atoms with van der Waals surface area (Å²) in [6.07, 6.45) is 9.45. The molecular formula is C24H38N4O2S.